The van der Waals surface area contributed by atoms with E-state index in [1.54, 1.807) is 64.5 Å². The van der Waals surface area contributed by atoms with E-state index in [4.69, 9.17) is 14.5 Å². The molecule has 2 saturated heterocycles. The fourth-order valence-electron chi connectivity index (χ4n) is 9.37. The first-order valence-corrected chi connectivity index (χ1v) is 21.4. The maximum absolute atomic E-state index is 16.6. The van der Waals surface area contributed by atoms with Crippen LogP contribution < -0.4 is 10.6 Å². The van der Waals surface area contributed by atoms with Gasteiger partial charge in [0.2, 0.25) is 5.91 Å². The van der Waals surface area contributed by atoms with Crippen molar-refractivity contribution >= 4 is 35.0 Å². The van der Waals surface area contributed by atoms with Crippen molar-refractivity contribution in [1.82, 2.24) is 40.4 Å². The average Bonchev–Trinajstić information content (AvgIpc) is 4.17. The average molecular weight is 871 g/mol. The van der Waals surface area contributed by atoms with Crippen LogP contribution in [0.1, 0.15) is 86.0 Å². The number of nitrogens with one attached hydrogen (secondary N) is 4. The van der Waals surface area contributed by atoms with Crippen LogP contribution in [-0.4, -0.2) is 87.1 Å². The summed E-state index contributed by atoms with van der Waals surface area (Å²) in [5.74, 6) is -2.86. The number of fused-ring (bicyclic) bond motifs is 4. The Morgan fingerprint density at radius 1 is 0.734 bits per heavy atom. The Hall–Kier alpha value is -7.10. The molecule has 4 heterocycles. The second kappa shape index (κ2) is 16.9. The zero-order chi connectivity index (χ0) is 44.9. The number of carbonyl (C=O) groups is 4. The van der Waals surface area contributed by atoms with Gasteiger partial charge in [0.05, 0.1) is 49.2 Å². The lowest BCUT2D eigenvalue weighted by molar-refractivity contribution is -0.135. The van der Waals surface area contributed by atoms with E-state index in [2.05, 4.69) is 25.6 Å². The molecular formula is C48H48F2N8O6. The van der Waals surface area contributed by atoms with Crippen molar-refractivity contribution in [2.45, 2.75) is 69.6 Å². The van der Waals surface area contributed by atoms with Crippen LogP contribution in [0, 0.1) is 5.92 Å². The number of H-pyrrole nitrogens is 2. The summed E-state index contributed by atoms with van der Waals surface area (Å²) < 4.78 is 42.7. The Kier molecular flexibility index (Phi) is 11.1. The minimum absolute atomic E-state index is 0.0955. The zero-order valence-corrected chi connectivity index (χ0v) is 35.8. The van der Waals surface area contributed by atoms with Crippen molar-refractivity contribution in [3.8, 4) is 33.5 Å². The fourth-order valence-corrected chi connectivity index (χ4v) is 9.37. The molecule has 0 spiro atoms. The number of rotatable bonds is 10. The number of methoxy groups -OCH3 is 2. The molecule has 0 unspecified atom stereocenters. The van der Waals surface area contributed by atoms with Gasteiger partial charge in [-0.25, -0.2) is 19.6 Å². The molecule has 64 heavy (non-hydrogen) atoms. The number of nitrogens with zero attached hydrogens (tertiary/aromatic N) is 4. The molecule has 0 saturated carbocycles. The molecule has 9 rings (SSSR count). The van der Waals surface area contributed by atoms with Crippen LogP contribution in [0.4, 0.5) is 18.4 Å². The van der Waals surface area contributed by atoms with Gasteiger partial charge in [0.15, 0.2) is 0 Å². The van der Waals surface area contributed by atoms with Gasteiger partial charge < -0.3 is 39.9 Å². The number of hydrogen-bond acceptors (Lipinski definition) is 8. The number of halogens is 2. The predicted molar refractivity (Wildman–Crippen MR) is 234 cm³/mol. The number of ether oxygens (including phenoxy) is 2. The Bertz CT molecular complexity index is 2770. The van der Waals surface area contributed by atoms with Crippen LogP contribution in [0.25, 0.3) is 44.5 Å². The van der Waals surface area contributed by atoms with E-state index in [9.17, 15) is 19.2 Å². The number of imidazole rings is 2. The first-order valence-electron chi connectivity index (χ1n) is 21.4. The number of benzene rings is 4. The molecule has 6 aromatic rings. The van der Waals surface area contributed by atoms with Crippen LogP contribution >= 0.6 is 0 Å². The summed E-state index contributed by atoms with van der Waals surface area (Å²) in [4.78, 5) is 71.6. The fraction of sp³-hybridized carbons (Fsp3) is 0.333. The van der Waals surface area contributed by atoms with Gasteiger partial charge >= 0.3 is 12.2 Å². The van der Waals surface area contributed by atoms with E-state index < -0.39 is 30.2 Å². The van der Waals surface area contributed by atoms with Crippen LogP contribution in [0.3, 0.4) is 0 Å². The van der Waals surface area contributed by atoms with Crippen molar-refractivity contribution in [1.29, 1.82) is 0 Å². The van der Waals surface area contributed by atoms with Crippen molar-refractivity contribution in [3.05, 3.63) is 119 Å². The summed E-state index contributed by atoms with van der Waals surface area (Å²) in [6.45, 7) is 4.67. The molecule has 0 radical (unpaired) electrons. The van der Waals surface area contributed by atoms with Gasteiger partial charge in [0, 0.05) is 29.8 Å². The summed E-state index contributed by atoms with van der Waals surface area (Å²) in [6, 6.07) is 22.2. The lowest BCUT2D eigenvalue weighted by Gasteiger charge is -2.30. The Morgan fingerprint density at radius 3 is 2.00 bits per heavy atom. The van der Waals surface area contributed by atoms with Gasteiger partial charge in [-0.3, -0.25) is 9.59 Å². The SMILES string of the molecule is COC(=O)N[C@H](C(=O)N1CCC[C@H]1c1ncc(-c2ccc3c(c2)C(F)(F)c2cc(-c4ccc5nc([C@@H]6CCCN6C(=O)[C@H](NC(=O)OC)c6ccccc6)[nH]c5c4)ccc2-3)[nH]1)C(C)C. The number of likely N-dealkylation sites (tertiary alicyclic amines) is 2. The van der Waals surface area contributed by atoms with Crippen LogP contribution in [0.2, 0.25) is 0 Å². The highest BCUT2D eigenvalue weighted by molar-refractivity contribution is 5.89. The van der Waals surface area contributed by atoms with Crippen LogP contribution in [-0.2, 0) is 25.0 Å². The number of amides is 4. The number of alkyl halides is 2. The van der Waals surface area contributed by atoms with Gasteiger partial charge in [-0.05, 0) is 83.7 Å². The van der Waals surface area contributed by atoms with E-state index in [0.29, 0.717) is 87.7 Å². The highest BCUT2D eigenvalue weighted by atomic mass is 19.3. The van der Waals surface area contributed by atoms with E-state index in [-0.39, 0.29) is 40.9 Å². The zero-order valence-electron chi connectivity index (χ0n) is 35.8. The monoisotopic (exact) mass is 870 g/mol. The molecular weight excluding hydrogens is 823 g/mol. The molecule has 4 N–H and O–H groups in total. The molecule has 330 valence electrons. The number of aromatic nitrogens is 4. The molecule has 2 aliphatic heterocycles. The minimum Gasteiger partial charge on any atom is -0.453 e. The lowest BCUT2D eigenvalue weighted by atomic mass is 9.98. The first-order chi connectivity index (χ1) is 30.9. The molecule has 3 aliphatic rings. The minimum atomic E-state index is -3.29. The lowest BCUT2D eigenvalue weighted by Crippen LogP contribution is -2.51. The summed E-state index contributed by atoms with van der Waals surface area (Å²) >= 11 is 0. The molecule has 4 aromatic carbocycles. The van der Waals surface area contributed by atoms with Crippen molar-refractivity contribution in [2.75, 3.05) is 27.3 Å². The van der Waals surface area contributed by atoms with Gasteiger partial charge in [0.25, 0.3) is 11.8 Å². The van der Waals surface area contributed by atoms with Crippen LogP contribution in [0.5, 0.6) is 0 Å². The second-order valence-corrected chi connectivity index (χ2v) is 16.8. The normalized spacial score (nSPS) is 18.4. The summed E-state index contributed by atoms with van der Waals surface area (Å²) in [5, 5.41) is 5.34. The molecule has 14 nitrogen and oxygen atoms in total. The van der Waals surface area contributed by atoms with Gasteiger partial charge in [-0.15, -0.1) is 0 Å². The third-order valence-electron chi connectivity index (χ3n) is 12.7. The summed E-state index contributed by atoms with van der Waals surface area (Å²) in [6.07, 6.45) is 3.01. The topological polar surface area (TPSA) is 175 Å². The molecule has 16 heteroatoms. The van der Waals surface area contributed by atoms with Crippen molar-refractivity contribution in [2.24, 2.45) is 5.92 Å². The smallest absolute Gasteiger partial charge is 0.407 e. The summed E-state index contributed by atoms with van der Waals surface area (Å²) in [7, 11) is 2.50. The molecule has 2 fully saturated rings. The molecule has 4 atom stereocenters. The van der Waals surface area contributed by atoms with E-state index in [1.165, 1.54) is 20.3 Å². The predicted octanol–water partition coefficient (Wildman–Crippen LogP) is 8.55. The number of alkyl carbamates (subject to hydrolysis) is 2. The molecule has 1 aliphatic carbocycles. The third kappa shape index (κ3) is 7.60. The second-order valence-electron chi connectivity index (χ2n) is 16.8. The Balaban J connectivity index is 0.939. The maximum atomic E-state index is 16.6. The third-order valence-corrected chi connectivity index (χ3v) is 12.7. The van der Waals surface area contributed by atoms with Gasteiger partial charge in [-0.2, -0.15) is 8.78 Å². The highest BCUT2D eigenvalue weighted by Crippen LogP contribution is 2.53. The van der Waals surface area contributed by atoms with Gasteiger partial charge in [-0.1, -0.05) is 74.5 Å². The largest absolute Gasteiger partial charge is 0.453 e. The Labute approximate surface area is 367 Å². The molecule has 0 bridgehead atoms. The summed E-state index contributed by atoms with van der Waals surface area (Å²) in [5.41, 5.74) is 5.09. The van der Waals surface area contributed by atoms with Crippen molar-refractivity contribution < 1.29 is 37.4 Å². The number of hydrogen-bond donors (Lipinski definition) is 4. The Morgan fingerprint density at radius 2 is 1.33 bits per heavy atom. The number of aromatic amines is 2. The quantitative estimate of drug-likeness (QED) is 0.106. The maximum Gasteiger partial charge on any atom is 0.407 e. The van der Waals surface area contributed by atoms with E-state index >= 15 is 8.78 Å². The van der Waals surface area contributed by atoms with E-state index in [1.807, 2.05) is 44.2 Å². The highest BCUT2D eigenvalue weighted by Gasteiger charge is 2.45. The number of carbonyl (C=O) groups excluding carboxylic acids is 4. The standard InChI is InChI=1S/C48H48F2N8O6/c1-26(2)40(55-46(61)63-3)44(59)57-20-8-12-38(57)42-51-25-37(54-42)30-15-18-32-31-17-14-28(22-33(31)48(49,50)34(32)23-30)29-16-19-35-36(24-29)53-43(52-35)39-13-9-21-58(39)45(60)41(56-47(62)64-4)27-10-6-5-7-11-27/h5-7,10-11,14-19,22-26,38-41H,8-9,12-13,20-21H2,1-4H3,(H,51,54)(H,52,53)(H,55,61)(H,56,62)/t38-,39-,40-,41+/m0/s1. The molecule has 2 aromatic heterocycles. The van der Waals surface area contributed by atoms with Gasteiger partial charge in [0.1, 0.15) is 23.7 Å². The first kappa shape index (κ1) is 42.2. The van der Waals surface area contributed by atoms with Crippen LogP contribution in [0.15, 0.2) is 91.1 Å². The molecule has 4 amide bonds. The van der Waals surface area contributed by atoms with Crippen molar-refractivity contribution in [3.63, 3.8) is 0 Å². The van der Waals surface area contributed by atoms with E-state index in [0.717, 1.165) is 12.8 Å².